The van der Waals surface area contributed by atoms with Crippen molar-refractivity contribution in [1.29, 1.82) is 0 Å². The Bertz CT molecular complexity index is 245. The molecule has 1 saturated carbocycles. The Morgan fingerprint density at radius 1 is 1.50 bits per heavy atom. The highest BCUT2D eigenvalue weighted by Crippen LogP contribution is 2.29. The van der Waals surface area contributed by atoms with Crippen molar-refractivity contribution >= 4 is 11.9 Å². The van der Waals surface area contributed by atoms with E-state index in [1.54, 1.807) is 0 Å². The summed E-state index contributed by atoms with van der Waals surface area (Å²) in [5.41, 5.74) is 0. The molecule has 0 aromatic carbocycles. The third-order valence-corrected chi connectivity index (χ3v) is 2.72. The summed E-state index contributed by atoms with van der Waals surface area (Å²) in [5, 5.41) is 2.51. The first-order valence-electron chi connectivity index (χ1n) is 4.94. The van der Waals surface area contributed by atoms with Gasteiger partial charge < -0.3 is 10.1 Å². The van der Waals surface area contributed by atoms with E-state index >= 15 is 0 Å². The molecule has 78 valence electrons. The number of carbonyl (C=O) groups excluding carboxylic acids is 2. The number of ether oxygens (including phenoxy) is 1. The third kappa shape index (κ3) is 1.48. The fourth-order valence-electron chi connectivity index (χ4n) is 1.92. The van der Waals surface area contributed by atoms with Crippen LogP contribution >= 0.6 is 0 Å². The highest BCUT2D eigenvalue weighted by atomic mass is 16.5. The van der Waals surface area contributed by atoms with E-state index in [0.717, 1.165) is 12.8 Å². The number of imide groups is 1. The van der Waals surface area contributed by atoms with Gasteiger partial charge in [0.15, 0.2) is 0 Å². The van der Waals surface area contributed by atoms with Crippen molar-refractivity contribution in [2.45, 2.75) is 31.9 Å². The normalized spacial score (nSPS) is 31.6. The van der Waals surface area contributed by atoms with Gasteiger partial charge in [0, 0.05) is 12.6 Å². The van der Waals surface area contributed by atoms with Gasteiger partial charge in [0.05, 0.1) is 12.6 Å². The zero-order valence-corrected chi connectivity index (χ0v) is 8.16. The molecule has 0 spiro atoms. The molecule has 5 heteroatoms. The van der Waals surface area contributed by atoms with Gasteiger partial charge in [-0.3, -0.25) is 9.69 Å². The van der Waals surface area contributed by atoms with Gasteiger partial charge in [0.1, 0.15) is 0 Å². The van der Waals surface area contributed by atoms with Crippen LogP contribution in [0.5, 0.6) is 0 Å². The second-order valence-electron chi connectivity index (χ2n) is 3.63. The Balaban J connectivity index is 1.86. The molecule has 1 heterocycles. The van der Waals surface area contributed by atoms with Gasteiger partial charge in [0.25, 0.3) is 0 Å². The third-order valence-electron chi connectivity index (χ3n) is 2.72. The topological polar surface area (TPSA) is 58.6 Å². The monoisotopic (exact) mass is 198 g/mol. The molecule has 0 atom stereocenters. The molecule has 0 bridgehead atoms. The van der Waals surface area contributed by atoms with Crippen molar-refractivity contribution in [2.75, 3.05) is 13.2 Å². The summed E-state index contributed by atoms with van der Waals surface area (Å²) < 4.78 is 5.37. The lowest BCUT2D eigenvalue weighted by Gasteiger charge is -2.38. The molecule has 2 fully saturated rings. The Hall–Kier alpha value is -1.10. The molecule has 0 aromatic heterocycles. The summed E-state index contributed by atoms with van der Waals surface area (Å²) >= 11 is 0. The second-order valence-corrected chi connectivity index (χ2v) is 3.63. The minimum absolute atomic E-state index is 0.0570. The van der Waals surface area contributed by atoms with Crippen molar-refractivity contribution < 1.29 is 14.3 Å². The average molecular weight is 198 g/mol. The Morgan fingerprint density at radius 2 is 2.21 bits per heavy atom. The van der Waals surface area contributed by atoms with E-state index in [-0.39, 0.29) is 30.6 Å². The van der Waals surface area contributed by atoms with Crippen LogP contribution in [0.2, 0.25) is 0 Å². The summed E-state index contributed by atoms with van der Waals surface area (Å²) in [6.07, 6.45) is 1.80. The maximum Gasteiger partial charge on any atom is 0.324 e. The van der Waals surface area contributed by atoms with Gasteiger partial charge in [-0.05, 0) is 19.8 Å². The number of hydrogen-bond donors (Lipinski definition) is 1. The molecule has 1 aliphatic carbocycles. The maximum atomic E-state index is 11.3. The van der Waals surface area contributed by atoms with E-state index in [1.807, 2.05) is 6.92 Å². The zero-order valence-electron chi connectivity index (χ0n) is 8.16. The number of hydrogen-bond acceptors (Lipinski definition) is 3. The van der Waals surface area contributed by atoms with E-state index in [9.17, 15) is 9.59 Å². The molecule has 1 aliphatic heterocycles. The molecule has 0 unspecified atom stereocenters. The van der Waals surface area contributed by atoms with Crippen molar-refractivity contribution in [1.82, 2.24) is 10.2 Å². The summed E-state index contributed by atoms with van der Waals surface area (Å²) in [5.74, 6) is -0.116. The lowest BCUT2D eigenvalue weighted by atomic mass is 9.88. The van der Waals surface area contributed by atoms with Gasteiger partial charge in [0.2, 0.25) is 5.91 Å². The number of nitrogens with zero attached hydrogens (tertiary/aromatic N) is 1. The summed E-state index contributed by atoms with van der Waals surface area (Å²) in [7, 11) is 0. The van der Waals surface area contributed by atoms with Gasteiger partial charge in [-0.25, -0.2) is 4.79 Å². The number of rotatable bonds is 3. The van der Waals surface area contributed by atoms with Crippen LogP contribution in [-0.2, 0) is 9.53 Å². The first kappa shape index (κ1) is 9.45. The molecule has 1 saturated heterocycles. The van der Waals surface area contributed by atoms with Crippen LogP contribution in [-0.4, -0.2) is 42.1 Å². The van der Waals surface area contributed by atoms with Crippen LogP contribution in [0.4, 0.5) is 4.79 Å². The zero-order chi connectivity index (χ0) is 10.1. The average Bonchev–Trinajstić information content (AvgIpc) is 2.40. The molecule has 2 aliphatic rings. The smallest absolute Gasteiger partial charge is 0.324 e. The maximum absolute atomic E-state index is 11.3. The highest BCUT2D eigenvalue weighted by Gasteiger charge is 2.42. The van der Waals surface area contributed by atoms with Crippen molar-refractivity contribution in [3.63, 3.8) is 0 Å². The van der Waals surface area contributed by atoms with Gasteiger partial charge >= 0.3 is 6.03 Å². The quantitative estimate of drug-likeness (QED) is 0.654. The number of carbonyl (C=O) groups is 2. The van der Waals surface area contributed by atoms with E-state index < -0.39 is 0 Å². The van der Waals surface area contributed by atoms with Gasteiger partial charge in [-0.2, -0.15) is 0 Å². The first-order valence-corrected chi connectivity index (χ1v) is 4.94. The number of nitrogens with one attached hydrogen (secondary N) is 1. The van der Waals surface area contributed by atoms with Crippen LogP contribution in [0.25, 0.3) is 0 Å². The van der Waals surface area contributed by atoms with Crippen molar-refractivity contribution in [3.05, 3.63) is 0 Å². The van der Waals surface area contributed by atoms with E-state index in [2.05, 4.69) is 5.32 Å². The van der Waals surface area contributed by atoms with Crippen LogP contribution in [0.1, 0.15) is 19.8 Å². The standard InChI is InChI=1S/C9H14N2O3/c1-2-14-7-3-6(4-7)11-8(12)5-10-9(11)13/h6-7H,2-5H2,1H3,(H,10,13). The predicted molar refractivity (Wildman–Crippen MR) is 48.7 cm³/mol. The molecular formula is C9H14N2O3. The lowest BCUT2D eigenvalue weighted by Crippen LogP contribution is -2.50. The van der Waals surface area contributed by atoms with E-state index in [0.29, 0.717) is 6.61 Å². The van der Waals surface area contributed by atoms with Gasteiger partial charge in [-0.1, -0.05) is 0 Å². The fourth-order valence-corrected chi connectivity index (χ4v) is 1.92. The van der Waals surface area contributed by atoms with E-state index in [4.69, 9.17) is 4.74 Å². The molecule has 0 radical (unpaired) electrons. The van der Waals surface area contributed by atoms with Crippen LogP contribution < -0.4 is 5.32 Å². The molecule has 3 amide bonds. The Kier molecular flexibility index (Phi) is 2.41. The molecular weight excluding hydrogens is 184 g/mol. The molecule has 0 aromatic rings. The van der Waals surface area contributed by atoms with Crippen molar-refractivity contribution in [3.8, 4) is 0 Å². The van der Waals surface area contributed by atoms with Crippen LogP contribution in [0, 0.1) is 0 Å². The number of urea groups is 1. The first-order chi connectivity index (χ1) is 6.72. The summed E-state index contributed by atoms with van der Waals surface area (Å²) in [6.45, 7) is 2.78. The largest absolute Gasteiger partial charge is 0.378 e. The lowest BCUT2D eigenvalue weighted by molar-refractivity contribution is -0.130. The van der Waals surface area contributed by atoms with Crippen LogP contribution in [0.15, 0.2) is 0 Å². The minimum Gasteiger partial charge on any atom is -0.378 e. The summed E-state index contributed by atoms with van der Waals surface area (Å²) in [4.78, 5) is 23.9. The Labute approximate surface area is 82.4 Å². The number of amides is 3. The predicted octanol–water partition coefficient (Wildman–Crippen LogP) is 0.106. The minimum atomic E-state index is -0.255. The van der Waals surface area contributed by atoms with Crippen molar-refractivity contribution in [2.24, 2.45) is 0 Å². The summed E-state index contributed by atoms with van der Waals surface area (Å²) in [6, 6.07) is -0.198. The molecule has 2 rings (SSSR count). The van der Waals surface area contributed by atoms with Crippen LogP contribution in [0.3, 0.4) is 0 Å². The SMILES string of the molecule is CCOC1CC(N2C(=O)CNC2=O)C1. The molecule has 1 N–H and O–H groups in total. The molecule has 14 heavy (non-hydrogen) atoms. The fraction of sp³-hybridized carbons (Fsp3) is 0.778. The van der Waals surface area contributed by atoms with E-state index in [1.165, 1.54) is 4.90 Å². The van der Waals surface area contributed by atoms with Gasteiger partial charge in [-0.15, -0.1) is 0 Å². The molecule has 5 nitrogen and oxygen atoms in total. The second kappa shape index (κ2) is 3.57. The highest BCUT2D eigenvalue weighted by molar-refractivity contribution is 6.02. The Morgan fingerprint density at radius 3 is 2.71 bits per heavy atom.